The number of pyridine rings is 3. The Balaban J connectivity index is 0.00000156. The fourth-order valence-corrected chi connectivity index (χ4v) is 2.34. The molecule has 0 aliphatic rings. The summed E-state index contributed by atoms with van der Waals surface area (Å²) in [4.78, 5) is 12.8. The maximum absolute atomic E-state index is 4.38. The molecule has 4 aromatic rings. The quantitative estimate of drug-likeness (QED) is 0.502. The molecule has 1 aromatic carbocycles. The Labute approximate surface area is 159 Å². The molecule has 0 aliphatic carbocycles. The fourth-order valence-electron chi connectivity index (χ4n) is 2.34. The number of benzene rings is 1. The summed E-state index contributed by atoms with van der Waals surface area (Å²) >= 11 is 0. The minimum Gasteiger partial charge on any atom is -0.361 e. The topological polar surface area (TPSA) is 38.7 Å². The van der Waals surface area contributed by atoms with Crippen LogP contribution in [-0.2, 0) is 32.7 Å². The van der Waals surface area contributed by atoms with E-state index < -0.39 is 0 Å². The third kappa shape index (κ3) is 3.36. The van der Waals surface area contributed by atoms with Crippen molar-refractivity contribution in [3.63, 3.8) is 0 Å². The number of hydrogen-bond donors (Lipinski definition) is 0. The molecular formula is C19H11N3Y-2. The van der Waals surface area contributed by atoms with Crippen molar-refractivity contribution in [3.05, 3.63) is 79.4 Å². The van der Waals surface area contributed by atoms with Crippen LogP contribution in [0, 0.1) is 12.3 Å². The normalized spacial score (nSPS) is 10.3. The molecule has 0 aliphatic heterocycles. The molecule has 0 bridgehead atoms. The summed E-state index contributed by atoms with van der Waals surface area (Å²) in [7, 11) is 0. The molecule has 0 saturated carbocycles. The van der Waals surface area contributed by atoms with Gasteiger partial charge in [-0.1, -0.05) is 29.1 Å². The van der Waals surface area contributed by atoms with E-state index in [-0.39, 0.29) is 32.7 Å². The first-order valence-corrected chi connectivity index (χ1v) is 6.96. The number of nitrogens with zero attached hydrogens (tertiary/aromatic N) is 3. The van der Waals surface area contributed by atoms with E-state index in [1.54, 1.807) is 12.4 Å². The van der Waals surface area contributed by atoms with Crippen LogP contribution in [0.3, 0.4) is 0 Å². The molecule has 0 N–H and O–H groups in total. The van der Waals surface area contributed by atoms with Crippen molar-refractivity contribution >= 4 is 10.8 Å². The van der Waals surface area contributed by atoms with E-state index in [1.165, 1.54) is 0 Å². The average Bonchev–Trinajstić information content (AvgIpc) is 2.62. The first kappa shape index (κ1) is 15.9. The molecule has 0 saturated heterocycles. The molecule has 23 heavy (non-hydrogen) atoms. The van der Waals surface area contributed by atoms with E-state index in [1.807, 2.05) is 48.7 Å². The molecule has 3 aromatic heterocycles. The second kappa shape index (κ2) is 7.07. The minimum absolute atomic E-state index is 0. The molecule has 0 unspecified atom stereocenters. The molecule has 4 rings (SSSR count). The molecule has 0 fully saturated rings. The summed E-state index contributed by atoms with van der Waals surface area (Å²) < 4.78 is 0. The summed E-state index contributed by atoms with van der Waals surface area (Å²) in [6, 6.07) is 19.0. The van der Waals surface area contributed by atoms with Crippen LogP contribution in [-0.4, -0.2) is 15.0 Å². The molecule has 107 valence electrons. The SMILES string of the molecule is [Y].[c-]1nc(-c2ccccn2)ccc1-c1[c-]cc2ccncc2c1. The van der Waals surface area contributed by atoms with Crippen molar-refractivity contribution in [3.8, 4) is 22.5 Å². The smallest absolute Gasteiger partial charge is 0.0465 e. The molecule has 4 heteroatoms. The summed E-state index contributed by atoms with van der Waals surface area (Å²) in [5.41, 5.74) is 3.52. The Morgan fingerprint density at radius 1 is 0.826 bits per heavy atom. The van der Waals surface area contributed by atoms with Crippen molar-refractivity contribution in [2.24, 2.45) is 0 Å². The Bertz CT molecular complexity index is 922. The molecule has 3 heterocycles. The van der Waals surface area contributed by atoms with Gasteiger partial charge in [0.2, 0.25) is 0 Å². The average molecular weight is 370 g/mol. The fraction of sp³-hybridized carbons (Fsp3) is 0. The van der Waals surface area contributed by atoms with Gasteiger partial charge < -0.3 is 4.98 Å². The van der Waals surface area contributed by atoms with Gasteiger partial charge in [0.05, 0.1) is 0 Å². The zero-order chi connectivity index (χ0) is 14.8. The van der Waals surface area contributed by atoms with E-state index in [0.717, 1.165) is 33.3 Å². The molecule has 0 spiro atoms. The third-order valence-electron chi connectivity index (χ3n) is 3.49. The van der Waals surface area contributed by atoms with E-state index in [4.69, 9.17) is 0 Å². The number of aromatic nitrogens is 3. The van der Waals surface area contributed by atoms with Crippen LogP contribution in [0.25, 0.3) is 33.3 Å². The van der Waals surface area contributed by atoms with Crippen LogP contribution in [0.4, 0.5) is 0 Å². The van der Waals surface area contributed by atoms with Crippen LogP contribution < -0.4 is 0 Å². The van der Waals surface area contributed by atoms with Crippen LogP contribution in [0.5, 0.6) is 0 Å². The first-order valence-electron chi connectivity index (χ1n) is 6.96. The van der Waals surface area contributed by atoms with Gasteiger partial charge in [0, 0.05) is 62.7 Å². The molecule has 3 nitrogen and oxygen atoms in total. The van der Waals surface area contributed by atoms with Crippen LogP contribution >= 0.6 is 0 Å². The Morgan fingerprint density at radius 2 is 1.78 bits per heavy atom. The zero-order valence-corrected chi connectivity index (χ0v) is 15.1. The third-order valence-corrected chi connectivity index (χ3v) is 3.49. The number of hydrogen-bond acceptors (Lipinski definition) is 3. The second-order valence-electron chi connectivity index (χ2n) is 4.92. The van der Waals surface area contributed by atoms with Gasteiger partial charge in [-0.3, -0.25) is 9.97 Å². The van der Waals surface area contributed by atoms with E-state index in [9.17, 15) is 0 Å². The van der Waals surface area contributed by atoms with Gasteiger partial charge in [0.15, 0.2) is 0 Å². The number of fused-ring (bicyclic) bond motifs is 1. The summed E-state index contributed by atoms with van der Waals surface area (Å²) in [5, 5.41) is 2.20. The first-order chi connectivity index (χ1) is 10.9. The van der Waals surface area contributed by atoms with Crippen LogP contribution in [0.15, 0.2) is 67.1 Å². The van der Waals surface area contributed by atoms with Crippen molar-refractivity contribution in [1.82, 2.24) is 15.0 Å². The van der Waals surface area contributed by atoms with Gasteiger partial charge in [0.25, 0.3) is 0 Å². The van der Waals surface area contributed by atoms with Gasteiger partial charge in [-0.25, -0.2) is 11.1 Å². The van der Waals surface area contributed by atoms with E-state index >= 15 is 0 Å². The zero-order valence-electron chi connectivity index (χ0n) is 12.3. The maximum Gasteiger partial charge on any atom is 0.0465 e. The largest absolute Gasteiger partial charge is 0.361 e. The molecule has 1 radical (unpaired) electrons. The van der Waals surface area contributed by atoms with Gasteiger partial charge >= 0.3 is 0 Å². The van der Waals surface area contributed by atoms with Gasteiger partial charge in [-0.05, 0) is 12.1 Å². The Kier molecular flexibility index (Phi) is 4.89. The molecule has 0 amide bonds. The minimum atomic E-state index is 0. The maximum atomic E-state index is 4.38. The van der Waals surface area contributed by atoms with Crippen molar-refractivity contribution in [2.75, 3.05) is 0 Å². The van der Waals surface area contributed by atoms with Crippen molar-refractivity contribution < 1.29 is 32.7 Å². The van der Waals surface area contributed by atoms with Gasteiger partial charge in [0.1, 0.15) is 0 Å². The molecular weight excluding hydrogens is 359 g/mol. The predicted octanol–water partition coefficient (Wildman–Crippen LogP) is 3.96. The van der Waals surface area contributed by atoms with Gasteiger partial charge in [-0.2, -0.15) is 18.2 Å². The monoisotopic (exact) mass is 370 g/mol. The van der Waals surface area contributed by atoms with Crippen LogP contribution in [0.2, 0.25) is 0 Å². The Hall–Kier alpha value is -1.97. The van der Waals surface area contributed by atoms with Gasteiger partial charge in [-0.15, -0.1) is 12.1 Å². The van der Waals surface area contributed by atoms with E-state index in [2.05, 4.69) is 33.3 Å². The predicted molar refractivity (Wildman–Crippen MR) is 85.9 cm³/mol. The Morgan fingerprint density at radius 3 is 2.57 bits per heavy atom. The van der Waals surface area contributed by atoms with E-state index in [0.29, 0.717) is 0 Å². The molecule has 0 atom stereocenters. The van der Waals surface area contributed by atoms with Crippen LogP contribution in [0.1, 0.15) is 0 Å². The van der Waals surface area contributed by atoms with Crippen molar-refractivity contribution in [2.45, 2.75) is 0 Å². The summed E-state index contributed by atoms with van der Waals surface area (Å²) in [5.74, 6) is 0. The number of rotatable bonds is 2. The summed E-state index contributed by atoms with van der Waals surface area (Å²) in [6.45, 7) is 0. The summed E-state index contributed by atoms with van der Waals surface area (Å²) in [6.07, 6.45) is 8.47. The standard InChI is InChI=1S/C19H11N3.Y/c1-2-9-21-18(3-1)19-7-6-16(13-22-19)15-5-4-14-8-10-20-12-17(14)11-15;/h1-4,6-12H;/q-2;. The van der Waals surface area contributed by atoms with Crippen molar-refractivity contribution in [1.29, 1.82) is 0 Å². The second-order valence-corrected chi connectivity index (χ2v) is 4.92.